The molecule has 1 saturated heterocycles. The highest BCUT2D eigenvalue weighted by Crippen LogP contribution is 2.23. The fraction of sp³-hybridized carbons (Fsp3) is 0.462. The van der Waals surface area contributed by atoms with Gasteiger partial charge in [0.25, 0.3) is 5.91 Å². The molecule has 0 saturated carbocycles. The minimum atomic E-state index is -0.195. The normalized spacial score (nSPS) is 15.7. The van der Waals surface area contributed by atoms with Crippen LogP contribution >= 0.6 is 0 Å². The van der Waals surface area contributed by atoms with Gasteiger partial charge in [-0.15, -0.1) is 0 Å². The van der Waals surface area contributed by atoms with Crippen LogP contribution in [0.15, 0.2) is 49.2 Å². The van der Waals surface area contributed by atoms with Gasteiger partial charge in [-0.3, -0.25) is 4.79 Å². The molecule has 0 aliphatic carbocycles. The number of benzene rings is 1. The number of hydrogen-bond acceptors (Lipinski definition) is 6. The maximum Gasteiger partial charge on any atom is 0.256 e. The molecule has 0 bridgehead atoms. The molecule has 1 unspecified atom stereocenters. The predicted molar refractivity (Wildman–Crippen MR) is 132 cm³/mol. The highest BCUT2D eigenvalue weighted by Gasteiger charge is 2.23. The predicted octanol–water partition coefficient (Wildman–Crippen LogP) is 3.62. The lowest BCUT2D eigenvalue weighted by molar-refractivity contribution is 0.0542. The number of nitrogens with one attached hydrogen (secondary N) is 1. The smallest absolute Gasteiger partial charge is 0.256 e. The van der Waals surface area contributed by atoms with Crippen molar-refractivity contribution in [1.29, 1.82) is 0 Å². The number of hydrogen-bond donors (Lipinski definition) is 2. The number of aromatic nitrogens is 1. The minimum absolute atomic E-state index is 0.113. The van der Waals surface area contributed by atoms with Crippen molar-refractivity contribution in [3.63, 3.8) is 0 Å². The van der Waals surface area contributed by atoms with Crippen LogP contribution in [0.2, 0.25) is 0 Å². The molecule has 3 N–H and O–H groups in total. The summed E-state index contributed by atoms with van der Waals surface area (Å²) in [7, 11) is 1.77. The average Bonchev–Trinajstić information content (AvgIpc) is 2.84. The molecule has 1 aliphatic rings. The molecule has 2 heterocycles. The Morgan fingerprint density at radius 3 is 2.70 bits per heavy atom. The fourth-order valence-corrected chi connectivity index (χ4v) is 4.17. The van der Waals surface area contributed by atoms with E-state index in [4.69, 9.17) is 15.2 Å². The first-order valence-electron chi connectivity index (χ1n) is 11.6. The molecule has 2 aromatic rings. The highest BCUT2D eigenvalue weighted by atomic mass is 16.5. The standard InChI is InChI=1S/C26H36N4O3/c1-4-33-26-24(15-22(27)17-29-26)25(31)28-16-20-10-12-30(13-11-20)18-23(32-3)14-19(2)21-8-6-5-7-9-21/h5-9,15,17,20,23H,2,4,10-14,16,18,27H2,1,3H3,(H,28,31). The number of rotatable bonds is 11. The molecule has 33 heavy (non-hydrogen) atoms. The average molecular weight is 453 g/mol. The lowest BCUT2D eigenvalue weighted by atomic mass is 9.95. The van der Waals surface area contributed by atoms with Gasteiger partial charge in [0, 0.05) is 20.2 Å². The molecular formula is C26H36N4O3. The summed E-state index contributed by atoms with van der Waals surface area (Å²) in [6.45, 7) is 10.0. The van der Waals surface area contributed by atoms with Crippen molar-refractivity contribution in [3.8, 4) is 5.88 Å². The number of ether oxygens (including phenoxy) is 2. The van der Waals surface area contributed by atoms with E-state index < -0.39 is 0 Å². The Morgan fingerprint density at radius 1 is 1.30 bits per heavy atom. The number of piperidine rings is 1. The number of nitrogens with zero attached hydrogens (tertiary/aromatic N) is 2. The first kappa shape index (κ1) is 24.7. The van der Waals surface area contributed by atoms with Crippen LogP contribution in [-0.2, 0) is 4.74 Å². The van der Waals surface area contributed by atoms with Crippen molar-refractivity contribution in [1.82, 2.24) is 15.2 Å². The van der Waals surface area contributed by atoms with E-state index >= 15 is 0 Å². The van der Waals surface area contributed by atoms with Crippen molar-refractivity contribution in [2.75, 3.05) is 45.6 Å². The molecule has 1 fully saturated rings. The van der Waals surface area contributed by atoms with Gasteiger partial charge < -0.3 is 25.4 Å². The molecular weight excluding hydrogens is 416 g/mol. The van der Waals surface area contributed by atoms with Gasteiger partial charge >= 0.3 is 0 Å². The molecule has 1 amide bonds. The largest absolute Gasteiger partial charge is 0.477 e. The van der Waals surface area contributed by atoms with Crippen LogP contribution in [0.5, 0.6) is 5.88 Å². The topological polar surface area (TPSA) is 89.7 Å². The zero-order valence-electron chi connectivity index (χ0n) is 19.8. The molecule has 1 aromatic carbocycles. The summed E-state index contributed by atoms with van der Waals surface area (Å²) >= 11 is 0. The maximum atomic E-state index is 12.7. The monoisotopic (exact) mass is 452 g/mol. The quantitative estimate of drug-likeness (QED) is 0.541. The summed E-state index contributed by atoms with van der Waals surface area (Å²) in [6.07, 6.45) is 4.49. The first-order chi connectivity index (χ1) is 16.0. The van der Waals surface area contributed by atoms with Crippen molar-refractivity contribution in [2.45, 2.75) is 32.3 Å². The number of pyridine rings is 1. The Kier molecular flexibility index (Phi) is 9.27. The summed E-state index contributed by atoms with van der Waals surface area (Å²) in [5, 5.41) is 3.04. The number of carbonyl (C=O) groups is 1. The summed E-state index contributed by atoms with van der Waals surface area (Å²) in [5.74, 6) is 0.566. The number of likely N-dealkylation sites (tertiary alicyclic amines) is 1. The number of nitrogens with two attached hydrogens (primary N) is 1. The van der Waals surface area contributed by atoms with Gasteiger partial charge in [-0.05, 0) is 62.4 Å². The van der Waals surface area contributed by atoms with E-state index in [2.05, 4.69) is 33.9 Å². The molecule has 3 rings (SSSR count). The van der Waals surface area contributed by atoms with Gasteiger partial charge in [0.2, 0.25) is 5.88 Å². The molecule has 0 radical (unpaired) electrons. The Labute approximate surface area is 197 Å². The van der Waals surface area contributed by atoms with Crippen LogP contribution in [-0.4, -0.2) is 61.8 Å². The number of anilines is 1. The minimum Gasteiger partial charge on any atom is -0.477 e. The van der Waals surface area contributed by atoms with E-state index in [0.29, 0.717) is 36.2 Å². The third-order valence-corrected chi connectivity index (χ3v) is 6.11. The highest BCUT2D eigenvalue weighted by molar-refractivity contribution is 5.97. The van der Waals surface area contributed by atoms with Crippen molar-refractivity contribution in [2.24, 2.45) is 5.92 Å². The van der Waals surface area contributed by atoms with Crippen molar-refractivity contribution < 1.29 is 14.3 Å². The molecule has 0 spiro atoms. The third kappa shape index (κ3) is 7.30. The fourth-order valence-electron chi connectivity index (χ4n) is 4.17. The zero-order chi connectivity index (χ0) is 23.6. The summed E-state index contributed by atoms with van der Waals surface area (Å²) in [4.78, 5) is 19.3. The lowest BCUT2D eigenvalue weighted by Crippen LogP contribution is -2.42. The molecule has 1 aromatic heterocycles. The van der Waals surface area contributed by atoms with Gasteiger partial charge in [0.05, 0.1) is 24.6 Å². The summed E-state index contributed by atoms with van der Waals surface area (Å²) in [5.41, 5.74) is 8.90. The van der Waals surface area contributed by atoms with E-state index in [1.165, 1.54) is 6.20 Å². The second-order valence-electron chi connectivity index (χ2n) is 8.54. The van der Waals surface area contributed by atoms with Gasteiger partial charge in [-0.25, -0.2) is 4.98 Å². The molecule has 178 valence electrons. The van der Waals surface area contributed by atoms with E-state index in [-0.39, 0.29) is 12.0 Å². The lowest BCUT2D eigenvalue weighted by Gasteiger charge is -2.34. The van der Waals surface area contributed by atoms with E-state index in [9.17, 15) is 4.79 Å². The SMILES string of the molecule is C=C(CC(CN1CCC(CNC(=O)c2cc(N)cnc2OCC)CC1)OC)c1ccccc1. The Hall–Kier alpha value is -2.90. The van der Waals surface area contributed by atoms with Gasteiger partial charge in [-0.1, -0.05) is 36.9 Å². The van der Waals surface area contributed by atoms with E-state index in [0.717, 1.165) is 50.0 Å². The van der Waals surface area contributed by atoms with Crippen molar-refractivity contribution >= 4 is 17.2 Å². The van der Waals surface area contributed by atoms with Gasteiger partial charge in [0.1, 0.15) is 5.56 Å². The number of methoxy groups -OCH3 is 1. The summed E-state index contributed by atoms with van der Waals surface area (Å²) in [6, 6.07) is 11.9. The third-order valence-electron chi connectivity index (χ3n) is 6.11. The molecule has 1 atom stereocenters. The second-order valence-corrected chi connectivity index (χ2v) is 8.54. The second kappa shape index (κ2) is 12.4. The number of nitrogen functional groups attached to an aromatic ring is 1. The van der Waals surface area contributed by atoms with Crippen LogP contribution < -0.4 is 15.8 Å². The number of carbonyl (C=O) groups excluding carboxylic acids is 1. The van der Waals surface area contributed by atoms with Crippen LogP contribution in [0.3, 0.4) is 0 Å². The zero-order valence-corrected chi connectivity index (χ0v) is 19.8. The molecule has 1 aliphatic heterocycles. The van der Waals surface area contributed by atoms with Crippen LogP contribution in [0.1, 0.15) is 42.1 Å². The van der Waals surface area contributed by atoms with Crippen LogP contribution in [0, 0.1) is 5.92 Å². The Balaban J connectivity index is 1.44. The van der Waals surface area contributed by atoms with E-state index in [1.54, 1.807) is 13.2 Å². The summed E-state index contributed by atoms with van der Waals surface area (Å²) < 4.78 is 11.2. The van der Waals surface area contributed by atoms with E-state index in [1.807, 2.05) is 25.1 Å². The van der Waals surface area contributed by atoms with Crippen LogP contribution in [0.4, 0.5) is 5.69 Å². The number of amides is 1. The van der Waals surface area contributed by atoms with Gasteiger partial charge in [0.15, 0.2) is 0 Å². The first-order valence-corrected chi connectivity index (χ1v) is 11.6. The maximum absolute atomic E-state index is 12.7. The van der Waals surface area contributed by atoms with Crippen LogP contribution in [0.25, 0.3) is 5.57 Å². The Bertz CT molecular complexity index is 911. The van der Waals surface area contributed by atoms with Gasteiger partial charge in [-0.2, -0.15) is 0 Å². The Morgan fingerprint density at radius 2 is 2.03 bits per heavy atom. The van der Waals surface area contributed by atoms with Crippen molar-refractivity contribution in [3.05, 3.63) is 60.3 Å². The molecule has 7 nitrogen and oxygen atoms in total. The molecule has 7 heteroatoms.